The molecule has 1 amide bonds. The van der Waals surface area contributed by atoms with E-state index in [1.807, 2.05) is 44.2 Å². The Bertz CT molecular complexity index is 1710. The number of anilines is 1. The molecule has 0 atom stereocenters. The number of para-hydroxylation sites is 2. The first kappa shape index (κ1) is 23.5. The zero-order valence-corrected chi connectivity index (χ0v) is 20.7. The fraction of sp³-hybridized carbons (Fsp3) is 0.148. The zero-order valence-electron chi connectivity index (χ0n) is 19.9. The number of nitrogens with one attached hydrogen (secondary N) is 1. The summed E-state index contributed by atoms with van der Waals surface area (Å²) in [5.74, 6) is -0.195. The number of nitrogen functional groups attached to an aromatic ring is 1. The standard InChI is InChI=1S/C27H25N5O3S/c1-17-7-11-19(12-8-17)27(33)29-15-16-32-25(28)24(36(34,35)20-13-9-18(2)10-14-20)23-26(32)31-22-6-4-3-5-21(22)30-23/h3-14H,15-16,28H2,1-2H3,(H,29,33). The molecule has 3 N–H and O–H groups in total. The van der Waals surface area contributed by atoms with Gasteiger partial charge in [0.1, 0.15) is 16.2 Å². The molecule has 8 nitrogen and oxygen atoms in total. The van der Waals surface area contributed by atoms with Gasteiger partial charge in [-0.2, -0.15) is 0 Å². The van der Waals surface area contributed by atoms with Crippen LogP contribution in [-0.4, -0.2) is 35.4 Å². The smallest absolute Gasteiger partial charge is 0.251 e. The van der Waals surface area contributed by atoms with E-state index in [0.717, 1.165) is 11.1 Å². The van der Waals surface area contributed by atoms with Crippen molar-refractivity contribution in [3.63, 3.8) is 0 Å². The van der Waals surface area contributed by atoms with Crippen LogP contribution >= 0.6 is 0 Å². The van der Waals surface area contributed by atoms with Crippen LogP contribution in [0.4, 0.5) is 5.82 Å². The van der Waals surface area contributed by atoms with Crippen molar-refractivity contribution in [3.05, 3.63) is 89.5 Å². The lowest BCUT2D eigenvalue weighted by Crippen LogP contribution is -2.27. The maximum absolute atomic E-state index is 13.7. The van der Waals surface area contributed by atoms with E-state index in [2.05, 4.69) is 15.3 Å². The topological polar surface area (TPSA) is 120 Å². The lowest BCUT2D eigenvalue weighted by Gasteiger charge is -2.10. The van der Waals surface area contributed by atoms with Crippen LogP contribution in [-0.2, 0) is 16.4 Å². The van der Waals surface area contributed by atoms with Crippen LogP contribution in [0, 0.1) is 13.8 Å². The fourth-order valence-corrected chi connectivity index (χ4v) is 5.61. The third-order valence-corrected chi connectivity index (χ3v) is 7.91. The summed E-state index contributed by atoms with van der Waals surface area (Å²) < 4.78 is 29.0. The molecule has 0 saturated heterocycles. The van der Waals surface area contributed by atoms with Gasteiger partial charge in [0.15, 0.2) is 5.65 Å². The number of sulfone groups is 1. The van der Waals surface area contributed by atoms with E-state index in [9.17, 15) is 13.2 Å². The maximum Gasteiger partial charge on any atom is 0.251 e. The second kappa shape index (κ2) is 9.09. The van der Waals surface area contributed by atoms with Crippen molar-refractivity contribution >= 4 is 43.8 Å². The van der Waals surface area contributed by atoms with E-state index in [0.29, 0.717) is 22.2 Å². The normalized spacial score (nSPS) is 11.7. The molecule has 0 fully saturated rings. The summed E-state index contributed by atoms with van der Waals surface area (Å²) in [5, 5.41) is 2.87. The number of aromatic nitrogens is 3. The summed E-state index contributed by atoms with van der Waals surface area (Å²) in [6.45, 7) is 4.28. The molecule has 0 saturated carbocycles. The Labute approximate surface area is 208 Å². The van der Waals surface area contributed by atoms with Crippen LogP contribution in [0.25, 0.3) is 22.2 Å². The zero-order chi connectivity index (χ0) is 25.4. The van der Waals surface area contributed by atoms with Crippen molar-refractivity contribution in [1.29, 1.82) is 0 Å². The Morgan fingerprint density at radius 1 is 0.889 bits per heavy atom. The number of rotatable bonds is 6. The highest BCUT2D eigenvalue weighted by Gasteiger charge is 2.30. The number of nitrogens with two attached hydrogens (primary N) is 1. The Kier molecular flexibility index (Phi) is 5.93. The summed E-state index contributed by atoms with van der Waals surface area (Å²) in [4.78, 5) is 21.9. The van der Waals surface area contributed by atoms with Gasteiger partial charge in [0, 0.05) is 18.7 Å². The van der Waals surface area contributed by atoms with Gasteiger partial charge in [0.25, 0.3) is 5.91 Å². The molecule has 0 radical (unpaired) electrons. The first-order chi connectivity index (χ1) is 17.3. The van der Waals surface area contributed by atoms with Crippen molar-refractivity contribution in [2.75, 3.05) is 12.3 Å². The molecular formula is C27H25N5O3S. The third-order valence-electron chi connectivity index (χ3n) is 6.08. The highest BCUT2D eigenvalue weighted by Crippen LogP contribution is 2.35. The first-order valence-corrected chi connectivity index (χ1v) is 12.9. The molecular weight excluding hydrogens is 474 g/mol. The molecule has 2 heterocycles. The summed E-state index contributed by atoms with van der Waals surface area (Å²) >= 11 is 0. The molecule has 0 aliphatic rings. The number of fused-ring (bicyclic) bond motifs is 2. The summed E-state index contributed by atoms with van der Waals surface area (Å²) in [6, 6.07) is 21.1. The average Bonchev–Trinajstić information content (AvgIpc) is 3.14. The largest absolute Gasteiger partial charge is 0.384 e. The lowest BCUT2D eigenvalue weighted by molar-refractivity contribution is 0.0952. The fourth-order valence-electron chi connectivity index (χ4n) is 4.10. The minimum atomic E-state index is -3.98. The predicted molar refractivity (Wildman–Crippen MR) is 140 cm³/mol. The number of carbonyl (C=O) groups excluding carboxylic acids is 1. The van der Waals surface area contributed by atoms with Crippen LogP contribution in [0.1, 0.15) is 21.5 Å². The second-order valence-corrected chi connectivity index (χ2v) is 10.6. The highest BCUT2D eigenvalue weighted by molar-refractivity contribution is 7.92. The van der Waals surface area contributed by atoms with Crippen LogP contribution < -0.4 is 11.1 Å². The van der Waals surface area contributed by atoms with Gasteiger partial charge >= 0.3 is 0 Å². The third kappa shape index (κ3) is 4.18. The molecule has 5 aromatic rings. The van der Waals surface area contributed by atoms with E-state index >= 15 is 0 Å². The van der Waals surface area contributed by atoms with Crippen LogP contribution in [0.2, 0.25) is 0 Å². The number of hydrogen-bond acceptors (Lipinski definition) is 6. The number of carbonyl (C=O) groups is 1. The van der Waals surface area contributed by atoms with Gasteiger partial charge in [-0.3, -0.25) is 4.79 Å². The molecule has 182 valence electrons. The van der Waals surface area contributed by atoms with Gasteiger partial charge in [-0.1, -0.05) is 47.5 Å². The van der Waals surface area contributed by atoms with E-state index in [1.165, 1.54) is 0 Å². The van der Waals surface area contributed by atoms with Gasteiger partial charge in [0.2, 0.25) is 9.84 Å². The molecule has 0 bridgehead atoms. The molecule has 0 aliphatic heterocycles. The van der Waals surface area contributed by atoms with E-state index < -0.39 is 9.84 Å². The molecule has 0 aliphatic carbocycles. The lowest BCUT2D eigenvalue weighted by atomic mass is 10.1. The van der Waals surface area contributed by atoms with Gasteiger partial charge < -0.3 is 15.6 Å². The summed E-state index contributed by atoms with van der Waals surface area (Å²) in [7, 11) is -3.98. The molecule has 0 spiro atoms. The van der Waals surface area contributed by atoms with Gasteiger partial charge in [0.05, 0.1) is 15.9 Å². The molecule has 5 rings (SSSR count). The van der Waals surface area contributed by atoms with Crippen molar-refractivity contribution < 1.29 is 13.2 Å². The Hall–Kier alpha value is -4.24. The van der Waals surface area contributed by atoms with Gasteiger partial charge in [-0.05, 0) is 50.2 Å². The Morgan fingerprint density at radius 2 is 1.47 bits per heavy atom. The SMILES string of the molecule is Cc1ccc(C(=O)NCCn2c(N)c(S(=O)(=O)c3ccc(C)cc3)c3nc4ccccc4nc32)cc1. The van der Waals surface area contributed by atoms with Crippen LogP contribution in [0.5, 0.6) is 0 Å². The number of amides is 1. The minimum absolute atomic E-state index is 0.0328. The minimum Gasteiger partial charge on any atom is -0.384 e. The van der Waals surface area contributed by atoms with Gasteiger partial charge in [-0.15, -0.1) is 0 Å². The second-order valence-electron chi connectivity index (χ2n) is 8.69. The summed E-state index contributed by atoms with van der Waals surface area (Å²) in [5.41, 5.74) is 10.8. The van der Waals surface area contributed by atoms with Crippen molar-refractivity contribution in [2.45, 2.75) is 30.2 Å². The predicted octanol–water partition coefficient (Wildman–Crippen LogP) is 4.05. The first-order valence-electron chi connectivity index (χ1n) is 11.5. The summed E-state index contributed by atoms with van der Waals surface area (Å²) in [6.07, 6.45) is 0. The van der Waals surface area contributed by atoms with Crippen molar-refractivity contribution in [1.82, 2.24) is 19.9 Å². The number of aryl methyl sites for hydroxylation is 2. The molecule has 2 aromatic heterocycles. The van der Waals surface area contributed by atoms with Crippen molar-refractivity contribution in [3.8, 4) is 0 Å². The van der Waals surface area contributed by atoms with Crippen molar-refractivity contribution in [2.24, 2.45) is 0 Å². The van der Waals surface area contributed by atoms with Gasteiger partial charge in [-0.25, -0.2) is 18.4 Å². The van der Waals surface area contributed by atoms with E-state index in [4.69, 9.17) is 5.73 Å². The Balaban J connectivity index is 1.57. The highest BCUT2D eigenvalue weighted by atomic mass is 32.2. The Morgan fingerprint density at radius 3 is 2.11 bits per heavy atom. The average molecular weight is 500 g/mol. The molecule has 36 heavy (non-hydrogen) atoms. The number of benzene rings is 3. The monoisotopic (exact) mass is 499 g/mol. The number of hydrogen-bond donors (Lipinski definition) is 2. The number of nitrogens with zero attached hydrogens (tertiary/aromatic N) is 3. The molecule has 3 aromatic carbocycles. The molecule has 0 unspecified atom stereocenters. The van der Waals surface area contributed by atoms with E-state index in [1.54, 1.807) is 47.0 Å². The van der Waals surface area contributed by atoms with E-state index in [-0.39, 0.29) is 40.1 Å². The maximum atomic E-state index is 13.7. The quantitative estimate of drug-likeness (QED) is 0.364. The van der Waals surface area contributed by atoms with Crippen LogP contribution in [0.3, 0.4) is 0 Å². The van der Waals surface area contributed by atoms with Crippen LogP contribution in [0.15, 0.2) is 82.6 Å². The molecule has 9 heteroatoms.